The van der Waals surface area contributed by atoms with Gasteiger partial charge in [0.05, 0.1) is 11.3 Å². The number of carbonyl (C=O) groups is 3. The molecule has 10 nitrogen and oxygen atoms in total. The van der Waals surface area contributed by atoms with Crippen LogP contribution in [0.25, 0.3) is 0 Å². The number of fused-ring (bicyclic) bond motifs is 1. The predicted molar refractivity (Wildman–Crippen MR) is 85.5 cm³/mol. The van der Waals surface area contributed by atoms with E-state index in [4.69, 9.17) is 9.26 Å². The maximum atomic E-state index is 12.3. The summed E-state index contributed by atoms with van der Waals surface area (Å²) in [5.41, 5.74) is 0.536. The summed E-state index contributed by atoms with van der Waals surface area (Å²) in [6.45, 7) is 0.156. The number of nitrogens with zero attached hydrogens (tertiary/aromatic N) is 2. The highest BCUT2D eigenvalue weighted by atomic mass is 32.2. The summed E-state index contributed by atoms with van der Waals surface area (Å²) in [4.78, 5) is 35.5. The summed E-state index contributed by atoms with van der Waals surface area (Å²) in [6.07, 6.45) is 0. The van der Waals surface area contributed by atoms with Gasteiger partial charge in [0.15, 0.2) is 6.61 Å². The normalized spacial score (nSPS) is 14.8. The van der Waals surface area contributed by atoms with Crippen LogP contribution in [0.3, 0.4) is 0 Å². The first-order valence-electron chi connectivity index (χ1n) is 7.34. The Bertz CT molecular complexity index is 996. The Morgan fingerprint density at radius 3 is 2.69 bits per heavy atom. The van der Waals surface area contributed by atoms with Crippen LogP contribution in [0.5, 0.6) is 0 Å². The number of hydrogen-bond donors (Lipinski definition) is 1. The summed E-state index contributed by atoms with van der Waals surface area (Å²) in [6, 6.07) is 7.09. The molecule has 11 heteroatoms. The largest absolute Gasteiger partial charge is 0.454 e. The van der Waals surface area contributed by atoms with Gasteiger partial charge < -0.3 is 9.26 Å². The van der Waals surface area contributed by atoms with Crippen molar-refractivity contribution >= 4 is 33.7 Å². The number of amides is 2. The van der Waals surface area contributed by atoms with E-state index in [9.17, 15) is 22.8 Å². The summed E-state index contributed by atoms with van der Waals surface area (Å²) in [7, 11) is -4.12. The average Bonchev–Trinajstić information content (AvgIpc) is 3.08. The predicted octanol–water partition coefficient (Wildman–Crippen LogP) is 0.309. The quantitative estimate of drug-likeness (QED) is 0.733. The molecule has 0 saturated carbocycles. The number of esters is 1. The second kappa shape index (κ2) is 6.59. The molecule has 1 aliphatic rings. The molecule has 2 aromatic rings. The number of anilines is 1. The number of ether oxygens (including phenoxy) is 1. The zero-order chi connectivity index (χ0) is 18.9. The Morgan fingerprint density at radius 1 is 1.31 bits per heavy atom. The van der Waals surface area contributed by atoms with Gasteiger partial charge in [-0.3, -0.25) is 19.7 Å². The molecule has 0 aliphatic carbocycles. The lowest BCUT2D eigenvalue weighted by atomic mass is 10.2. The second-order valence-corrected chi connectivity index (χ2v) is 7.19. The van der Waals surface area contributed by atoms with Gasteiger partial charge >= 0.3 is 5.97 Å². The molecule has 1 aromatic carbocycles. The van der Waals surface area contributed by atoms with Crippen LogP contribution < -0.4 is 5.32 Å². The van der Waals surface area contributed by atoms with Crippen molar-refractivity contribution in [3.05, 3.63) is 41.6 Å². The van der Waals surface area contributed by atoms with E-state index in [1.165, 1.54) is 30.3 Å². The Balaban J connectivity index is 1.59. The molecule has 0 unspecified atom stereocenters. The van der Waals surface area contributed by atoms with Crippen LogP contribution >= 0.6 is 0 Å². The van der Waals surface area contributed by atoms with Crippen molar-refractivity contribution in [2.75, 3.05) is 18.5 Å². The van der Waals surface area contributed by atoms with E-state index >= 15 is 0 Å². The fourth-order valence-corrected chi connectivity index (χ4v) is 3.81. The van der Waals surface area contributed by atoms with E-state index in [2.05, 4.69) is 10.5 Å². The van der Waals surface area contributed by atoms with Crippen molar-refractivity contribution in [1.82, 2.24) is 9.46 Å². The molecule has 1 aromatic heterocycles. The molecule has 136 valence electrons. The Hall–Kier alpha value is -3.21. The van der Waals surface area contributed by atoms with Crippen molar-refractivity contribution in [3.63, 3.8) is 0 Å². The summed E-state index contributed by atoms with van der Waals surface area (Å²) >= 11 is 0. The van der Waals surface area contributed by atoms with Crippen LogP contribution in [0, 0.1) is 6.92 Å². The van der Waals surface area contributed by atoms with Crippen LogP contribution in [0.1, 0.15) is 16.1 Å². The van der Waals surface area contributed by atoms with Gasteiger partial charge in [-0.2, -0.15) is 0 Å². The highest BCUT2D eigenvalue weighted by Crippen LogP contribution is 2.29. The number of hydrogen-bond acceptors (Lipinski definition) is 8. The van der Waals surface area contributed by atoms with E-state index in [1.807, 2.05) is 0 Å². The fourth-order valence-electron chi connectivity index (χ4n) is 2.29. The van der Waals surface area contributed by atoms with E-state index in [-0.39, 0.29) is 16.3 Å². The van der Waals surface area contributed by atoms with Gasteiger partial charge in [0, 0.05) is 6.07 Å². The van der Waals surface area contributed by atoms with Gasteiger partial charge in [-0.05, 0) is 19.1 Å². The molecular weight excluding hydrogens is 366 g/mol. The molecule has 26 heavy (non-hydrogen) atoms. The van der Waals surface area contributed by atoms with Crippen molar-refractivity contribution in [1.29, 1.82) is 0 Å². The van der Waals surface area contributed by atoms with Crippen molar-refractivity contribution < 1.29 is 32.1 Å². The fraction of sp³-hybridized carbons (Fsp3) is 0.200. The maximum Gasteiger partial charge on any atom is 0.327 e. The number of aromatic nitrogens is 1. The zero-order valence-electron chi connectivity index (χ0n) is 13.5. The first kappa shape index (κ1) is 17.6. The number of sulfonamides is 1. The Morgan fingerprint density at radius 2 is 2.04 bits per heavy atom. The highest BCUT2D eigenvalue weighted by molar-refractivity contribution is 7.90. The third-order valence-corrected chi connectivity index (χ3v) is 5.23. The molecule has 2 heterocycles. The molecular formula is C15H13N3O7S. The first-order valence-corrected chi connectivity index (χ1v) is 8.78. The van der Waals surface area contributed by atoms with Gasteiger partial charge in [0.1, 0.15) is 11.4 Å². The van der Waals surface area contributed by atoms with Gasteiger partial charge in [-0.25, -0.2) is 12.7 Å². The monoisotopic (exact) mass is 379 g/mol. The summed E-state index contributed by atoms with van der Waals surface area (Å²) in [5, 5.41) is 5.88. The highest BCUT2D eigenvalue weighted by Gasteiger charge is 2.42. The molecule has 0 saturated heterocycles. The van der Waals surface area contributed by atoms with E-state index in [0.29, 0.717) is 10.00 Å². The summed E-state index contributed by atoms with van der Waals surface area (Å²) in [5.74, 6) is -2.48. The van der Waals surface area contributed by atoms with Crippen LogP contribution in [0.15, 0.2) is 39.8 Å². The minimum absolute atomic E-state index is 0.0151. The van der Waals surface area contributed by atoms with Gasteiger partial charge in [0.25, 0.3) is 21.8 Å². The first-order chi connectivity index (χ1) is 12.3. The topological polar surface area (TPSA) is 136 Å². The number of aryl methyl sites for hydroxylation is 1. The van der Waals surface area contributed by atoms with Crippen LogP contribution in [0.4, 0.5) is 5.88 Å². The van der Waals surface area contributed by atoms with Gasteiger partial charge in [0.2, 0.25) is 5.88 Å². The SMILES string of the molecule is Cc1cc(NC(=O)COC(=O)CN2C(=O)c3ccccc3S2(=O)=O)on1. The lowest BCUT2D eigenvalue weighted by Gasteiger charge is -2.14. The Kier molecular flexibility index (Phi) is 4.47. The third-order valence-electron chi connectivity index (χ3n) is 3.44. The lowest BCUT2D eigenvalue weighted by molar-refractivity contribution is -0.147. The van der Waals surface area contributed by atoms with Crippen LogP contribution in [-0.4, -0.2) is 48.8 Å². The van der Waals surface area contributed by atoms with Gasteiger partial charge in [-0.1, -0.05) is 17.3 Å². The van der Waals surface area contributed by atoms with Gasteiger partial charge in [-0.15, -0.1) is 0 Å². The van der Waals surface area contributed by atoms with E-state index < -0.39 is 41.0 Å². The zero-order valence-corrected chi connectivity index (χ0v) is 14.3. The van der Waals surface area contributed by atoms with Crippen LogP contribution in [-0.2, 0) is 24.3 Å². The molecule has 1 N–H and O–H groups in total. The van der Waals surface area contributed by atoms with Crippen LogP contribution in [0.2, 0.25) is 0 Å². The average molecular weight is 379 g/mol. The molecule has 3 rings (SSSR count). The molecule has 0 radical (unpaired) electrons. The van der Waals surface area contributed by atoms with Crippen molar-refractivity contribution in [3.8, 4) is 0 Å². The number of carbonyl (C=O) groups excluding carboxylic acids is 3. The molecule has 1 aliphatic heterocycles. The number of nitrogens with one attached hydrogen (secondary N) is 1. The second-order valence-electron chi connectivity index (χ2n) is 5.35. The molecule has 0 fully saturated rings. The molecule has 0 bridgehead atoms. The minimum Gasteiger partial charge on any atom is -0.454 e. The number of benzene rings is 1. The van der Waals surface area contributed by atoms with E-state index in [1.54, 1.807) is 6.92 Å². The molecule has 0 spiro atoms. The smallest absolute Gasteiger partial charge is 0.327 e. The minimum atomic E-state index is -4.12. The summed E-state index contributed by atoms with van der Waals surface area (Å²) < 4.78 is 34.5. The molecule has 2 amide bonds. The van der Waals surface area contributed by atoms with Crippen molar-refractivity contribution in [2.45, 2.75) is 11.8 Å². The van der Waals surface area contributed by atoms with Crippen molar-refractivity contribution in [2.24, 2.45) is 0 Å². The lowest BCUT2D eigenvalue weighted by Crippen LogP contribution is -2.36. The van der Waals surface area contributed by atoms with E-state index in [0.717, 1.165) is 0 Å². The molecule has 0 atom stereocenters. The standard InChI is InChI=1S/C15H13N3O7S/c1-9-6-13(25-17-9)16-12(19)8-24-14(20)7-18-15(21)10-4-2-3-5-11(10)26(18,22)23/h2-6H,7-8H2,1H3,(H,16,19). The number of rotatable bonds is 5. The Labute approximate surface area is 147 Å². The third kappa shape index (κ3) is 3.28. The maximum absolute atomic E-state index is 12.3.